The fraction of sp³-hybridized carbons (Fsp3) is 0.412. The van der Waals surface area contributed by atoms with E-state index in [2.05, 4.69) is 30.9 Å². The largest absolute Gasteiger partial charge is 0.487 e. The summed E-state index contributed by atoms with van der Waals surface area (Å²) in [5, 5.41) is 12.5. The van der Waals surface area contributed by atoms with Gasteiger partial charge in [0.15, 0.2) is 5.13 Å². The summed E-state index contributed by atoms with van der Waals surface area (Å²) in [5.74, 6) is 1.05. The van der Waals surface area contributed by atoms with Crippen LogP contribution in [-0.4, -0.2) is 29.5 Å². The molecular weight excluding hydrogens is 391 g/mol. The molecule has 0 amide bonds. The number of halogens is 2. The molecule has 1 spiro atoms. The predicted octanol–water partition coefficient (Wildman–Crippen LogP) is 4.28. The standard InChI is InChI=1S/C17H15ClFN6OS/c18-10-2-1-3-12-14(10)11(19)8-17(26-12)4-6-25(7-5-17)16-20-9-13(27-16)15-21-23-24-22-15/h1-3,9,11H,4-8H2. The number of benzene rings is 1. The fourth-order valence-electron chi connectivity index (χ4n) is 3.78. The Kier molecular flexibility index (Phi) is 4.01. The highest BCUT2D eigenvalue weighted by molar-refractivity contribution is 7.17. The third kappa shape index (κ3) is 2.94. The Labute approximate surface area is 163 Å². The van der Waals surface area contributed by atoms with Crippen LogP contribution in [0.3, 0.4) is 0 Å². The molecule has 3 aliphatic rings. The third-order valence-electron chi connectivity index (χ3n) is 5.18. The van der Waals surface area contributed by atoms with E-state index in [4.69, 9.17) is 16.3 Å². The number of thiazole rings is 1. The van der Waals surface area contributed by atoms with Crippen molar-refractivity contribution in [2.24, 2.45) is 15.4 Å². The molecule has 0 N–H and O–H groups in total. The molecule has 7 nitrogen and oxygen atoms in total. The fourth-order valence-corrected chi connectivity index (χ4v) is 4.96. The van der Waals surface area contributed by atoms with Crippen molar-refractivity contribution in [1.29, 1.82) is 0 Å². The number of hydrogen-bond acceptors (Lipinski definition) is 7. The van der Waals surface area contributed by atoms with Crippen LogP contribution in [0, 0.1) is 0 Å². The Balaban J connectivity index is 1.31. The van der Waals surface area contributed by atoms with Crippen molar-refractivity contribution in [2.75, 3.05) is 18.0 Å². The van der Waals surface area contributed by atoms with Crippen LogP contribution in [0.5, 0.6) is 5.75 Å². The van der Waals surface area contributed by atoms with E-state index in [0.29, 0.717) is 28.6 Å². The lowest BCUT2D eigenvalue weighted by Gasteiger charge is -2.45. The Hall–Kier alpha value is -2.26. The summed E-state index contributed by atoms with van der Waals surface area (Å²) in [7, 11) is 0. The van der Waals surface area contributed by atoms with Crippen LogP contribution >= 0.6 is 22.9 Å². The van der Waals surface area contributed by atoms with Gasteiger partial charge in [-0.25, -0.2) is 9.37 Å². The van der Waals surface area contributed by atoms with Crippen molar-refractivity contribution >= 4 is 33.9 Å². The second kappa shape index (κ2) is 6.42. The van der Waals surface area contributed by atoms with E-state index in [1.165, 1.54) is 11.3 Å². The van der Waals surface area contributed by atoms with Gasteiger partial charge in [0, 0.05) is 37.9 Å². The summed E-state index contributed by atoms with van der Waals surface area (Å²) in [6, 6.07) is 5.31. The molecule has 1 saturated heterocycles. The van der Waals surface area contributed by atoms with Gasteiger partial charge in [-0.05, 0) is 22.9 Å². The van der Waals surface area contributed by atoms with Crippen LogP contribution in [0.15, 0.2) is 39.8 Å². The molecule has 1 atom stereocenters. The first-order valence-electron chi connectivity index (χ1n) is 8.65. The van der Waals surface area contributed by atoms with Crippen molar-refractivity contribution in [3.63, 3.8) is 0 Å². The molecule has 10 heteroatoms. The molecule has 1 fully saturated rings. The van der Waals surface area contributed by atoms with E-state index in [0.717, 1.165) is 35.9 Å². The van der Waals surface area contributed by atoms with E-state index < -0.39 is 11.8 Å². The molecule has 5 rings (SSSR count). The summed E-state index contributed by atoms with van der Waals surface area (Å²) < 4.78 is 21.1. The summed E-state index contributed by atoms with van der Waals surface area (Å²) in [5.41, 5.74) is 3.49. The average molecular weight is 406 g/mol. The minimum absolute atomic E-state index is 0.333. The topological polar surface area (TPSA) is 76.5 Å². The number of piperidine rings is 1. The van der Waals surface area contributed by atoms with Crippen LogP contribution in [0.4, 0.5) is 9.52 Å². The normalized spacial score (nSPS) is 23.0. The maximum absolute atomic E-state index is 14.8. The molecule has 27 heavy (non-hydrogen) atoms. The molecule has 4 heterocycles. The molecule has 139 valence electrons. The van der Waals surface area contributed by atoms with Gasteiger partial charge in [0.2, 0.25) is 5.84 Å². The van der Waals surface area contributed by atoms with Gasteiger partial charge >= 0.3 is 0 Å². The van der Waals surface area contributed by atoms with Crippen LogP contribution < -0.4 is 15.2 Å². The van der Waals surface area contributed by atoms with Crippen molar-refractivity contribution in [1.82, 2.24) is 10.5 Å². The van der Waals surface area contributed by atoms with Crippen LogP contribution in [-0.2, 0) is 0 Å². The first kappa shape index (κ1) is 16.9. The Bertz CT molecular complexity index is 939. The van der Waals surface area contributed by atoms with Gasteiger partial charge in [0.05, 0.1) is 16.1 Å². The minimum Gasteiger partial charge on any atom is -0.487 e. The number of amidine groups is 1. The van der Waals surface area contributed by atoms with E-state index in [-0.39, 0.29) is 0 Å². The van der Waals surface area contributed by atoms with Crippen LogP contribution in [0.25, 0.3) is 0 Å². The summed E-state index contributed by atoms with van der Waals surface area (Å²) in [4.78, 5) is 7.49. The van der Waals surface area contributed by atoms with Gasteiger partial charge in [0.1, 0.15) is 17.5 Å². The average Bonchev–Trinajstić information content (AvgIpc) is 3.34. The molecule has 3 aliphatic heterocycles. The van der Waals surface area contributed by atoms with Crippen LogP contribution in [0.2, 0.25) is 5.02 Å². The highest BCUT2D eigenvalue weighted by Gasteiger charge is 2.44. The Morgan fingerprint density at radius 1 is 1.30 bits per heavy atom. The molecule has 0 saturated carbocycles. The zero-order chi connectivity index (χ0) is 18.4. The van der Waals surface area contributed by atoms with E-state index in [1.54, 1.807) is 24.4 Å². The summed E-state index contributed by atoms with van der Waals surface area (Å²) in [6.07, 6.45) is 2.42. The van der Waals surface area contributed by atoms with Gasteiger partial charge in [-0.3, -0.25) is 0 Å². The van der Waals surface area contributed by atoms with Gasteiger partial charge in [0.25, 0.3) is 0 Å². The van der Waals surface area contributed by atoms with E-state index in [1.807, 2.05) is 0 Å². The van der Waals surface area contributed by atoms with Gasteiger partial charge in [-0.2, -0.15) is 0 Å². The van der Waals surface area contributed by atoms with Gasteiger partial charge in [-0.15, -0.1) is 10.2 Å². The smallest absolute Gasteiger partial charge is 0.218 e. The van der Waals surface area contributed by atoms with Crippen LogP contribution in [0.1, 0.15) is 35.9 Å². The SMILES string of the molecule is FC1CC2(CCN(c3ncc(C4=N[N]N=N4)s3)CC2)Oc2cccc(Cl)c21. The minimum atomic E-state index is -1.10. The Morgan fingerprint density at radius 2 is 2.15 bits per heavy atom. The van der Waals surface area contributed by atoms with E-state index in [9.17, 15) is 4.39 Å². The molecule has 1 aromatic carbocycles. The summed E-state index contributed by atoms with van der Waals surface area (Å²) >= 11 is 7.66. The molecule has 2 aromatic rings. The number of anilines is 1. The van der Waals surface area contributed by atoms with Gasteiger partial charge in [-0.1, -0.05) is 29.0 Å². The highest BCUT2D eigenvalue weighted by atomic mass is 35.5. The van der Waals surface area contributed by atoms with Crippen molar-refractivity contribution in [3.8, 4) is 5.75 Å². The molecule has 1 radical (unpaired) electrons. The number of nitrogens with zero attached hydrogens (tertiary/aromatic N) is 6. The summed E-state index contributed by atoms with van der Waals surface area (Å²) in [6.45, 7) is 1.49. The molecule has 1 unspecified atom stereocenters. The number of rotatable bonds is 2. The first-order valence-corrected chi connectivity index (χ1v) is 9.84. The third-order valence-corrected chi connectivity index (χ3v) is 6.57. The molecular formula is C17H15ClFN6OS. The zero-order valence-electron chi connectivity index (χ0n) is 14.2. The maximum Gasteiger partial charge on any atom is 0.218 e. The monoisotopic (exact) mass is 405 g/mol. The quantitative estimate of drug-likeness (QED) is 0.748. The van der Waals surface area contributed by atoms with E-state index >= 15 is 0 Å². The maximum atomic E-state index is 14.8. The lowest BCUT2D eigenvalue weighted by Crippen LogP contribution is -2.50. The van der Waals surface area contributed by atoms with Gasteiger partial charge < -0.3 is 9.64 Å². The second-order valence-electron chi connectivity index (χ2n) is 6.81. The first-order chi connectivity index (χ1) is 13.1. The number of ether oxygens (including phenoxy) is 1. The lowest BCUT2D eigenvalue weighted by atomic mass is 9.82. The molecule has 0 aliphatic carbocycles. The van der Waals surface area contributed by atoms with Crippen molar-refractivity contribution < 1.29 is 9.13 Å². The number of hydrogen-bond donors (Lipinski definition) is 0. The number of fused-ring (bicyclic) bond motifs is 1. The number of aromatic nitrogens is 1. The molecule has 0 bridgehead atoms. The predicted molar refractivity (Wildman–Crippen MR) is 100 cm³/mol. The number of alkyl halides is 1. The lowest BCUT2D eigenvalue weighted by molar-refractivity contribution is -0.00738. The zero-order valence-corrected chi connectivity index (χ0v) is 15.8. The van der Waals surface area contributed by atoms with Crippen molar-refractivity contribution in [3.05, 3.63) is 39.9 Å². The molecule has 1 aromatic heterocycles. The van der Waals surface area contributed by atoms with Crippen molar-refractivity contribution in [2.45, 2.75) is 31.0 Å². The second-order valence-corrected chi connectivity index (χ2v) is 8.22. The Morgan fingerprint density at radius 3 is 2.93 bits per heavy atom. The highest BCUT2D eigenvalue weighted by Crippen LogP contribution is 2.48.